The lowest BCUT2D eigenvalue weighted by atomic mass is 10.2. The van der Waals surface area contributed by atoms with Crippen LogP contribution in [0.5, 0.6) is 0 Å². The van der Waals surface area contributed by atoms with Gasteiger partial charge in [-0.3, -0.25) is 4.90 Å². The molecule has 9 heteroatoms. The number of aromatic amines is 1. The van der Waals surface area contributed by atoms with Gasteiger partial charge in [0.25, 0.3) is 8.32 Å². The number of hydrogen-bond donors (Lipinski definition) is 1. The van der Waals surface area contributed by atoms with Crippen LogP contribution in [0.4, 0.5) is 4.79 Å². The molecule has 1 fully saturated rings. The first kappa shape index (κ1) is 25.8. The lowest BCUT2D eigenvalue weighted by molar-refractivity contribution is 0.0874. The van der Waals surface area contributed by atoms with Gasteiger partial charge in [0, 0.05) is 13.0 Å². The minimum atomic E-state index is -2.81. The number of amides is 1. The topological polar surface area (TPSA) is 93.2 Å². The Bertz CT molecular complexity index is 1280. The van der Waals surface area contributed by atoms with Gasteiger partial charge < -0.3 is 9.16 Å². The lowest BCUT2D eigenvalue weighted by Gasteiger charge is -2.44. The van der Waals surface area contributed by atoms with E-state index in [2.05, 4.69) is 89.9 Å². The first-order valence-electron chi connectivity index (χ1n) is 12.9. The van der Waals surface area contributed by atoms with E-state index in [0.29, 0.717) is 18.8 Å². The van der Waals surface area contributed by atoms with Gasteiger partial charge in [-0.25, -0.2) is 4.79 Å². The van der Waals surface area contributed by atoms with Crippen molar-refractivity contribution >= 4 is 24.8 Å². The summed E-state index contributed by atoms with van der Waals surface area (Å²) >= 11 is 0. The minimum absolute atomic E-state index is 0.182. The molecule has 4 aromatic rings. The van der Waals surface area contributed by atoms with Crippen LogP contribution in [-0.4, -0.2) is 52.6 Å². The second-order valence-corrected chi connectivity index (χ2v) is 14.9. The monoisotopic (exact) mass is 527 g/mol. The van der Waals surface area contributed by atoms with E-state index in [9.17, 15) is 4.79 Å². The second kappa shape index (κ2) is 10.9. The van der Waals surface area contributed by atoms with E-state index < -0.39 is 20.5 Å². The van der Waals surface area contributed by atoms with Crippen molar-refractivity contribution < 1.29 is 14.0 Å². The summed E-state index contributed by atoms with van der Waals surface area (Å²) in [7, 11) is -2.81. The van der Waals surface area contributed by atoms with E-state index in [0.717, 1.165) is 5.56 Å². The number of carbonyl (C=O) groups is 1. The summed E-state index contributed by atoms with van der Waals surface area (Å²) in [4.78, 5) is 15.0. The molecule has 0 saturated carbocycles. The Kier molecular flexibility index (Phi) is 7.39. The zero-order chi connectivity index (χ0) is 26.6. The van der Waals surface area contributed by atoms with E-state index in [1.54, 1.807) is 4.90 Å². The molecule has 0 bridgehead atoms. The van der Waals surface area contributed by atoms with Crippen LogP contribution in [-0.2, 0) is 15.8 Å². The van der Waals surface area contributed by atoms with Crippen molar-refractivity contribution in [3.63, 3.8) is 0 Å². The fourth-order valence-corrected chi connectivity index (χ4v) is 10.1. The number of H-pyrrole nitrogens is 1. The zero-order valence-corrected chi connectivity index (χ0v) is 22.9. The third-order valence-electron chi connectivity index (χ3n) is 7.12. The Morgan fingerprint density at radius 2 is 1.53 bits per heavy atom. The predicted molar refractivity (Wildman–Crippen MR) is 147 cm³/mol. The average molecular weight is 528 g/mol. The number of hydrogen-bond acceptors (Lipinski definition) is 6. The SMILES string of the molecule is CC(C)(C)[Si](O[C@@H]1C[C@H](c2nn[nH]n2)N(C(=O)OCc2ccccc2)C1)(c1ccccc1)c1ccccc1. The fourth-order valence-electron chi connectivity index (χ4n) is 5.38. The van der Waals surface area contributed by atoms with Gasteiger partial charge in [0.2, 0.25) is 0 Å². The highest BCUT2D eigenvalue weighted by Crippen LogP contribution is 2.41. The fraction of sp³-hybridized carbons (Fsp3) is 0.310. The highest BCUT2D eigenvalue weighted by molar-refractivity contribution is 6.99. The molecular weight excluding hydrogens is 494 g/mol. The Labute approximate surface area is 224 Å². The predicted octanol–water partition coefficient (Wildman–Crippen LogP) is 4.23. The number of aromatic nitrogens is 4. The minimum Gasteiger partial charge on any atom is -0.445 e. The third-order valence-corrected chi connectivity index (χ3v) is 12.2. The van der Waals surface area contributed by atoms with Crippen LogP contribution in [0.1, 0.15) is 44.6 Å². The van der Waals surface area contributed by atoms with Crippen molar-refractivity contribution in [3.05, 3.63) is 102 Å². The standard InChI is InChI=1S/C29H33N5O3Si/c1-29(2,3)38(24-15-9-5-10-16-24,25-17-11-6-12-18-25)37-23-19-26(27-30-32-33-31-27)34(20-23)28(35)36-21-22-13-7-4-8-14-22/h4-18,23,26H,19-21H2,1-3H3,(H,30,31,32,33)/t23-,26-/m1/s1. The summed E-state index contributed by atoms with van der Waals surface area (Å²) in [5, 5.41) is 16.9. The smallest absolute Gasteiger partial charge is 0.410 e. The zero-order valence-electron chi connectivity index (χ0n) is 21.9. The molecule has 1 amide bonds. The molecule has 2 heterocycles. The molecule has 0 spiro atoms. The quantitative estimate of drug-likeness (QED) is 0.362. The van der Waals surface area contributed by atoms with Crippen molar-refractivity contribution in [1.29, 1.82) is 0 Å². The summed E-state index contributed by atoms with van der Waals surface area (Å²) in [6.07, 6.45) is -0.115. The van der Waals surface area contributed by atoms with Gasteiger partial charge in [-0.15, -0.1) is 10.2 Å². The summed E-state index contributed by atoms with van der Waals surface area (Å²) in [5.74, 6) is 0.454. The van der Waals surface area contributed by atoms with E-state index >= 15 is 0 Å². The molecule has 0 unspecified atom stereocenters. The first-order chi connectivity index (χ1) is 18.4. The molecule has 1 N–H and O–H groups in total. The molecule has 1 aliphatic heterocycles. The average Bonchev–Trinajstić information content (AvgIpc) is 3.62. The second-order valence-electron chi connectivity index (χ2n) is 10.6. The van der Waals surface area contributed by atoms with Crippen LogP contribution in [0.15, 0.2) is 91.0 Å². The number of rotatable bonds is 7. The van der Waals surface area contributed by atoms with Gasteiger partial charge in [0.15, 0.2) is 5.82 Å². The first-order valence-corrected chi connectivity index (χ1v) is 14.8. The van der Waals surface area contributed by atoms with E-state index in [1.165, 1.54) is 10.4 Å². The van der Waals surface area contributed by atoms with Crippen LogP contribution < -0.4 is 10.4 Å². The van der Waals surface area contributed by atoms with Crippen LogP contribution in [0.3, 0.4) is 0 Å². The van der Waals surface area contributed by atoms with E-state index in [4.69, 9.17) is 9.16 Å². The van der Waals surface area contributed by atoms with Crippen molar-refractivity contribution in [3.8, 4) is 0 Å². The van der Waals surface area contributed by atoms with Crippen molar-refractivity contribution in [2.45, 2.75) is 51.0 Å². The highest BCUT2D eigenvalue weighted by atomic mass is 28.4. The Morgan fingerprint density at radius 1 is 0.947 bits per heavy atom. The Morgan fingerprint density at radius 3 is 2.05 bits per heavy atom. The lowest BCUT2D eigenvalue weighted by Crippen LogP contribution is -2.67. The molecule has 1 aromatic heterocycles. The highest BCUT2D eigenvalue weighted by Gasteiger charge is 2.53. The molecule has 5 rings (SSSR count). The molecule has 1 saturated heterocycles. The Hall–Kier alpha value is -3.82. The van der Waals surface area contributed by atoms with Gasteiger partial charge in [-0.05, 0) is 21.0 Å². The summed E-state index contributed by atoms with van der Waals surface area (Å²) in [6, 6.07) is 30.3. The maximum atomic E-state index is 13.3. The molecule has 8 nitrogen and oxygen atoms in total. The van der Waals surface area contributed by atoms with Crippen molar-refractivity contribution in [2.75, 3.05) is 6.54 Å². The summed E-state index contributed by atoms with van der Waals surface area (Å²) in [6.45, 7) is 7.30. The number of tetrazole rings is 1. The van der Waals surface area contributed by atoms with Gasteiger partial charge in [-0.2, -0.15) is 5.21 Å². The molecular formula is C29H33N5O3Si. The third kappa shape index (κ3) is 5.12. The Balaban J connectivity index is 1.47. The summed E-state index contributed by atoms with van der Waals surface area (Å²) < 4.78 is 13.0. The molecule has 0 aliphatic carbocycles. The van der Waals surface area contributed by atoms with Gasteiger partial charge >= 0.3 is 6.09 Å². The molecule has 1 aliphatic rings. The summed E-state index contributed by atoms with van der Waals surface area (Å²) in [5.41, 5.74) is 0.927. The normalized spacial score (nSPS) is 17.9. The van der Waals surface area contributed by atoms with Gasteiger partial charge in [0.1, 0.15) is 12.6 Å². The maximum absolute atomic E-state index is 13.3. The molecule has 38 heavy (non-hydrogen) atoms. The largest absolute Gasteiger partial charge is 0.445 e. The number of nitrogens with one attached hydrogen (secondary N) is 1. The van der Waals surface area contributed by atoms with Crippen molar-refractivity contribution in [1.82, 2.24) is 25.5 Å². The van der Waals surface area contributed by atoms with Crippen molar-refractivity contribution in [2.24, 2.45) is 0 Å². The molecule has 3 aromatic carbocycles. The molecule has 2 atom stereocenters. The van der Waals surface area contributed by atoms with E-state index in [-0.39, 0.29) is 17.7 Å². The number of likely N-dealkylation sites (tertiary alicyclic amines) is 1. The number of carbonyl (C=O) groups excluding carboxylic acids is 1. The van der Waals surface area contributed by atoms with Gasteiger partial charge in [0.05, 0.1) is 6.10 Å². The van der Waals surface area contributed by atoms with E-state index in [1.807, 2.05) is 42.5 Å². The number of benzene rings is 3. The van der Waals surface area contributed by atoms with Gasteiger partial charge in [-0.1, -0.05) is 117 Å². The molecule has 196 valence electrons. The van der Waals surface area contributed by atoms with Crippen LogP contribution in [0.2, 0.25) is 5.04 Å². The van der Waals surface area contributed by atoms with Crippen LogP contribution in [0.25, 0.3) is 0 Å². The van der Waals surface area contributed by atoms with Crippen LogP contribution in [0, 0.1) is 0 Å². The number of ether oxygens (including phenoxy) is 1. The maximum Gasteiger partial charge on any atom is 0.410 e. The number of nitrogens with zero attached hydrogens (tertiary/aromatic N) is 4. The van der Waals surface area contributed by atoms with Crippen LogP contribution >= 0.6 is 0 Å². The molecule has 0 radical (unpaired) electrons.